The Morgan fingerprint density at radius 2 is 1.60 bits per heavy atom. The molecular formula is C28H30N2O5. The number of fused-ring (bicyclic) bond motifs is 6. The fourth-order valence-electron chi connectivity index (χ4n) is 6.69. The second-order valence-corrected chi connectivity index (χ2v) is 10.5. The summed E-state index contributed by atoms with van der Waals surface area (Å²) in [5, 5.41) is 12.5. The van der Waals surface area contributed by atoms with Gasteiger partial charge in [-0.15, -0.1) is 0 Å². The first kappa shape index (κ1) is 22.1. The summed E-state index contributed by atoms with van der Waals surface area (Å²) in [6, 6.07) is 16.2. The Hall–Kier alpha value is -3.35. The summed E-state index contributed by atoms with van der Waals surface area (Å²) < 4.78 is 5.63. The zero-order valence-corrected chi connectivity index (χ0v) is 19.6. The fourth-order valence-corrected chi connectivity index (χ4v) is 6.69. The number of hydrogen-bond donors (Lipinski definition) is 2. The normalized spacial score (nSPS) is 28.6. The van der Waals surface area contributed by atoms with Crippen LogP contribution in [-0.4, -0.2) is 53.2 Å². The zero-order chi connectivity index (χ0) is 24.1. The molecule has 2 aromatic carbocycles. The summed E-state index contributed by atoms with van der Waals surface area (Å²) in [5.41, 5.74) is 4.72. The molecule has 2 bridgehead atoms. The molecule has 3 aliphatic carbocycles. The van der Waals surface area contributed by atoms with Gasteiger partial charge in [0, 0.05) is 30.5 Å². The number of alkyl carbamates (subject to hydrolysis) is 1. The van der Waals surface area contributed by atoms with Crippen molar-refractivity contribution >= 4 is 18.0 Å². The van der Waals surface area contributed by atoms with Gasteiger partial charge in [-0.3, -0.25) is 9.59 Å². The van der Waals surface area contributed by atoms with Crippen molar-refractivity contribution in [2.45, 2.75) is 50.1 Å². The number of piperidine rings is 2. The van der Waals surface area contributed by atoms with Crippen molar-refractivity contribution in [1.82, 2.24) is 10.2 Å². The number of nitrogens with zero attached hydrogens (tertiary/aromatic N) is 1. The predicted octanol–water partition coefficient (Wildman–Crippen LogP) is 4.02. The van der Waals surface area contributed by atoms with E-state index in [9.17, 15) is 19.5 Å². The van der Waals surface area contributed by atoms with E-state index in [1.54, 1.807) is 0 Å². The van der Waals surface area contributed by atoms with Crippen LogP contribution in [0.5, 0.6) is 0 Å². The van der Waals surface area contributed by atoms with E-state index in [2.05, 4.69) is 29.6 Å². The average Bonchev–Trinajstić information content (AvgIpc) is 3.18. The van der Waals surface area contributed by atoms with Gasteiger partial charge in [0.15, 0.2) is 0 Å². The Morgan fingerprint density at radius 1 is 0.943 bits per heavy atom. The van der Waals surface area contributed by atoms with E-state index in [1.807, 2.05) is 29.2 Å². The molecule has 5 aliphatic rings. The van der Waals surface area contributed by atoms with E-state index in [0.717, 1.165) is 12.8 Å². The van der Waals surface area contributed by atoms with Crippen LogP contribution in [0, 0.1) is 17.8 Å². The highest BCUT2D eigenvalue weighted by molar-refractivity contribution is 5.82. The minimum absolute atomic E-state index is 0.0144. The Labute approximate surface area is 204 Å². The van der Waals surface area contributed by atoms with Gasteiger partial charge in [0.25, 0.3) is 0 Å². The predicted molar refractivity (Wildman–Crippen MR) is 129 cm³/mol. The molecule has 2 N–H and O–H groups in total. The van der Waals surface area contributed by atoms with Crippen molar-refractivity contribution < 1.29 is 24.2 Å². The van der Waals surface area contributed by atoms with E-state index in [4.69, 9.17) is 4.74 Å². The van der Waals surface area contributed by atoms with Crippen LogP contribution in [0.2, 0.25) is 0 Å². The van der Waals surface area contributed by atoms with Crippen LogP contribution in [0.4, 0.5) is 4.79 Å². The van der Waals surface area contributed by atoms with Crippen molar-refractivity contribution in [2.24, 2.45) is 17.8 Å². The average molecular weight is 475 g/mol. The van der Waals surface area contributed by atoms with Crippen LogP contribution in [0.3, 0.4) is 0 Å². The first-order chi connectivity index (χ1) is 17.0. The van der Waals surface area contributed by atoms with E-state index < -0.39 is 18.0 Å². The first-order valence-corrected chi connectivity index (χ1v) is 12.6. The van der Waals surface area contributed by atoms with Crippen LogP contribution in [0.1, 0.15) is 49.1 Å². The van der Waals surface area contributed by atoms with Crippen LogP contribution < -0.4 is 5.32 Å². The number of hydrogen-bond acceptors (Lipinski definition) is 4. The number of carbonyl (C=O) groups is 3. The molecule has 2 saturated heterocycles. The van der Waals surface area contributed by atoms with Gasteiger partial charge in [-0.05, 0) is 60.3 Å². The van der Waals surface area contributed by atoms with E-state index in [0.29, 0.717) is 31.7 Å². The van der Waals surface area contributed by atoms with Gasteiger partial charge in [0.2, 0.25) is 5.91 Å². The molecule has 3 unspecified atom stereocenters. The lowest BCUT2D eigenvalue weighted by molar-refractivity contribution is -0.159. The first-order valence-electron chi connectivity index (χ1n) is 12.6. The number of aliphatic carboxylic acids is 1. The minimum Gasteiger partial charge on any atom is -0.481 e. The number of carbonyl (C=O) groups excluding carboxylic acids is 2. The van der Waals surface area contributed by atoms with Gasteiger partial charge in [0.1, 0.15) is 6.61 Å². The van der Waals surface area contributed by atoms with Gasteiger partial charge in [-0.2, -0.15) is 0 Å². The number of rotatable bonds is 5. The number of carboxylic acids is 1. The molecule has 7 heteroatoms. The number of benzene rings is 2. The van der Waals surface area contributed by atoms with Crippen molar-refractivity contribution in [1.29, 1.82) is 0 Å². The smallest absolute Gasteiger partial charge is 0.407 e. The highest BCUT2D eigenvalue weighted by Gasteiger charge is 2.48. The molecule has 4 fully saturated rings. The number of nitrogens with one attached hydrogen (secondary N) is 1. The van der Waals surface area contributed by atoms with E-state index in [-0.39, 0.29) is 36.4 Å². The maximum absolute atomic E-state index is 13.1. The Bertz CT molecular complexity index is 1130. The molecule has 0 aromatic heterocycles. The Morgan fingerprint density at radius 3 is 2.23 bits per heavy atom. The van der Waals surface area contributed by atoms with Crippen LogP contribution in [-0.2, 0) is 14.3 Å². The molecule has 2 heterocycles. The van der Waals surface area contributed by atoms with Crippen molar-refractivity contribution in [2.75, 3.05) is 13.2 Å². The largest absolute Gasteiger partial charge is 0.481 e. The quantitative estimate of drug-likeness (QED) is 0.683. The van der Waals surface area contributed by atoms with E-state index >= 15 is 0 Å². The maximum Gasteiger partial charge on any atom is 0.407 e. The molecule has 7 rings (SSSR count). The molecular weight excluding hydrogens is 444 g/mol. The molecule has 2 aromatic rings. The summed E-state index contributed by atoms with van der Waals surface area (Å²) in [6.45, 7) is 0.941. The van der Waals surface area contributed by atoms with Crippen LogP contribution in [0.15, 0.2) is 48.5 Å². The molecule has 2 saturated carbocycles. The SMILES string of the molecule is O=C(NC1CC(C(=O)N2CC3CCC2C(C(=O)O)C3)C1)OCC1c2ccccc2-c2ccccc21. The number of ether oxygens (including phenoxy) is 1. The second kappa shape index (κ2) is 8.70. The van der Waals surface area contributed by atoms with Crippen molar-refractivity contribution in [3.63, 3.8) is 0 Å². The molecule has 182 valence electrons. The summed E-state index contributed by atoms with van der Waals surface area (Å²) >= 11 is 0. The number of amides is 2. The lowest BCUT2D eigenvalue weighted by Crippen LogP contribution is -2.60. The molecule has 0 radical (unpaired) electrons. The summed E-state index contributed by atoms with van der Waals surface area (Å²) in [5.74, 6) is -1.03. The van der Waals surface area contributed by atoms with E-state index in [1.165, 1.54) is 22.3 Å². The van der Waals surface area contributed by atoms with Gasteiger partial charge < -0.3 is 20.1 Å². The van der Waals surface area contributed by atoms with Crippen LogP contribution >= 0.6 is 0 Å². The number of carboxylic acid groups (broad SMARTS) is 1. The standard InChI is InChI=1S/C28H30N2O5/c31-26(30-14-16-9-10-25(30)23(11-16)27(32)33)17-12-18(13-17)29-28(34)35-15-24-21-7-3-1-5-19(21)20-6-2-4-8-22(20)24/h1-8,16-18,23-25H,9-15H2,(H,29,34)(H,32,33). The molecule has 3 atom stereocenters. The maximum atomic E-state index is 13.1. The monoisotopic (exact) mass is 474 g/mol. The minimum atomic E-state index is -0.791. The van der Waals surface area contributed by atoms with Gasteiger partial charge in [-0.1, -0.05) is 48.5 Å². The summed E-state index contributed by atoms with van der Waals surface area (Å²) in [7, 11) is 0. The zero-order valence-electron chi connectivity index (χ0n) is 19.6. The van der Waals surface area contributed by atoms with Gasteiger partial charge >= 0.3 is 12.1 Å². The van der Waals surface area contributed by atoms with Gasteiger partial charge in [0.05, 0.1) is 5.92 Å². The lowest BCUT2D eigenvalue weighted by atomic mass is 9.71. The highest BCUT2D eigenvalue weighted by Crippen LogP contribution is 2.45. The van der Waals surface area contributed by atoms with Crippen molar-refractivity contribution in [3.05, 3.63) is 59.7 Å². The molecule has 2 amide bonds. The third kappa shape index (κ3) is 3.87. The van der Waals surface area contributed by atoms with Crippen molar-refractivity contribution in [3.8, 4) is 11.1 Å². The summed E-state index contributed by atoms with van der Waals surface area (Å²) in [6.07, 6.45) is 3.17. The Balaban J connectivity index is 1.01. The molecule has 7 nitrogen and oxygen atoms in total. The molecule has 2 aliphatic heterocycles. The summed E-state index contributed by atoms with van der Waals surface area (Å²) in [4.78, 5) is 39.1. The molecule has 35 heavy (non-hydrogen) atoms. The fraction of sp³-hybridized carbons (Fsp3) is 0.464. The lowest BCUT2D eigenvalue weighted by Gasteiger charge is -2.50. The van der Waals surface area contributed by atoms with Crippen LogP contribution in [0.25, 0.3) is 11.1 Å². The third-order valence-electron chi connectivity index (χ3n) is 8.53. The third-order valence-corrected chi connectivity index (χ3v) is 8.53. The highest BCUT2D eigenvalue weighted by atomic mass is 16.5. The molecule has 0 spiro atoms. The Kier molecular flexibility index (Phi) is 5.50. The van der Waals surface area contributed by atoms with Gasteiger partial charge in [-0.25, -0.2) is 4.79 Å². The topological polar surface area (TPSA) is 95.9 Å². The second-order valence-electron chi connectivity index (χ2n) is 10.5.